The van der Waals surface area contributed by atoms with E-state index >= 15 is 0 Å². The van der Waals surface area contributed by atoms with Gasteiger partial charge in [0.2, 0.25) is 0 Å². The molecule has 1 atom stereocenters. The maximum Gasteiger partial charge on any atom is 0.317 e. The molecule has 2 N–H and O–H groups in total. The standard InChI is InChI=1S/C18H22N2O2/c21-13-15-4-3-9-20(12-15)18(22)19-11-14-7-8-16-5-1-2-6-17(16)10-14/h1-2,5-8,10,15,21H,3-4,9,11-13H2,(H,19,22)/t15-/m1/s1. The zero-order chi connectivity index (χ0) is 15.4. The number of likely N-dealkylation sites (tertiary alicyclic amines) is 1. The van der Waals surface area contributed by atoms with Crippen molar-refractivity contribution in [2.24, 2.45) is 5.92 Å². The third kappa shape index (κ3) is 3.39. The average molecular weight is 298 g/mol. The molecule has 3 rings (SSSR count). The lowest BCUT2D eigenvalue weighted by atomic mass is 9.99. The monoisotopic (exact) mass is 298 g/mol. The van der Waals surface area contributed by atoms with Gasteiger partial charge >= 0.3 is 6.03 Å². The maximum atomic E-state index is 12.2. The Bertz CT molecular complexity index is 656. The predicted molar refractivity (Wildman–Crippen MR) is 87.6 cm³/mol. The second-order valence-electron chi connectivity index (χ2n) is 5.98. The molecule has 2 aromatic rings. The SMILES string of the molecule is O=C(NCc1ccc2ccccc2c1)N1CCC[C@@H](CO)C1. The van der Waals surface area contributed by atoms with Crippen molar-refractivity contribution in [1.82, 2.24) is 10.2 Å². The van der Waals surface area contributed by atoms with E-state index in [4.69, 9.17) is 0 Å². The van der Waals surface area contributed by atoms with Crippen molar-refractivity contribution in [3.8, 4) is 0 Å². The minimum Gasteiger partial charge on any atom is -0.396 e. The van der Waals surface area contributed by atoms with Crippen LogP contribution in [-0.4, -0.2) is 35.7 Å². The van der Waals surface area contributed by atoms with Crippen LogP contribution in [0, 0.1) is 5.92 Å². The number of benzene rings is 2. The van der Waals surface area contributed by atoms with Crippen LogP contribution in [0.1, 0.15) is 18.4 Å². The van der Waals surface area contributed by atoms with Crippen LogP contribution in [0.3, 0.4) is 0 Å². The lowest BCUT2D eigenvalue weighted by Gasteiger charge is -2.31. The largest absolute Gasteiger partial charge is 0.396 e. The normalized spacial score (nSPS) is 18.4. The molecule has 0 saturated carbocycles. The topological polar surface area (TPSA) is 52.6 Å². The van der Waals surface area contributed by atoms with Gasteiger partial charge in [0.05, 0.1) is 0 Å². The number of aliphatic hydroxyl groups is 1. The maximum absolute atomic E-state index is 12.2. The summed E-state index contributed by atoms with van der Waals surface area (Å²) >= 11 is 0. The molecule has 1 saturated heterocycles. The van der Waals surface area contributed by atoms with Crippen LogP contribution in [0.4, 0.5) is 4.79 Å². The zero-order valence-electron chi connectivity index (χ0n) is 12.7. The first-order chi connectivity index (χ1) is 10.8. The molecule has 1 fully saturated rings. The molecule has 4 heteroatoms. The van der Waals surface area contributed by atoms with Crippen molar-refractivity contribution in [2.45, 2.75) is 19.4 Å². The Labute approximate surface area is 130 Å². The van der Waals surface area contributed by atoms with Crippen LogP contribution in [0.2, 0.25) is 0 Å². The van der Waals surface area contributed by atoms with E-state index in [1.807, 2.05) is 17.0 Å². The van der Waals surface area contributed by atoms with Crippen LogP contribution < -0.4 is 5.32 Å². The van der Waals surface area contributed by atoms with Crippen molar-refractivity contribution < 1.29 is 9.90 Å². The third-order valence-corrected chi connectivity index (χ3v) is 4.32. The lowest BCUT2D eigenvalue weighted by molar-refractivity contribution is 0.129. The first-order valence-electron chi connectivity index (χ1n) is 7.87. The van der Waals surface area contributed by atoms with Crippen LogP contribution in [0.25, 0.3) is 10.8 Å². The van der Waals surface area contributed by atoms with Gasteiger partial charge < -0.3 is 15.3 Å². The van der Waals surface area contributed by atoms with Gasteiger partial charge in [0.25, 0.3) is 0 Å². The highest BCUT2D eigenvalue weighted by atomic mass is 16.3. The van der Waals surface area contributed by atoms with Crippen LogP contribution in [0.15, 0.2) is 42.5 Å². The molecule has 0 radical (unpaired) electrons. The van der Waals surface area contributed by atoms with E-state index in [1.165, 1.54) is 10.8 Å². The van der Waals surface area contributed by atoms with Gasteiger partial charge in [-0.05, 0) is 41.2 Å². The Kier molecular flexibility index (Phi) is 4.59. The number of carbonyl (C=O) groups excluding carboxylic acids is 1. The van der Waals surface area contributed by atoms with Crippen LogP contribution in [0.5, 0.6) is 0 Å². The number of aliphatic hydroxyl groups excluding tert-OH is 1. The van der Waals surface area contributed by atoms with Gasteiger partial charge in [-0.3, -0.25) is 0 Å². The number of nitrogens with one attached hydrogen (secondary N) is 1. The van der Waals surface area contributed by atoms with E-state index in [-0.39, 0.29) is 18.6 Å². The van der Waals surface area contributed by atoms with Crippen molar-refractivity contribution in [3.63, 3.8) is 0 Å². The summed E-state index contributed by atoms with van der Waals surface area (Å²) in [5, 5.41) is 14.6. The highest BCUT2D eigenvalue weighted by Gasteiger charge is 2.22. The zero-order valence-corrected chi connectivity index (χ0v) is 12.7. The Hall–Kier alpha value is -2.07. The summed E-state index contributed by atoms with van der Waals surface area (Å²) in [5.74, 6) is 0.222. The fourth-order valence-electron chi connectivity index (χ4n) is 3.04. The number of amides is 2. The molecule has 0 unspecified atom stereocenters. The van der Waals surface area contributed by atoms with Crippen LogP contribution >= 0.6 is 0 Å². The number of piperidine rings is 1. The fraction of sp³-hybridized carbons (Fsp3) is 0.389. The Balaban J connectivity index is 1.59. The molecule has 4 nitrogen and oxygen atoms in total. The first-order valence-corrected chi connectivity index (χ1v) is 7.87. The Morgan fingerprint density at radius 3 is 2.86 bits per heavy atom. The molecule has 1 heterocycles. The van der Waals surface area contributed by atoms with Crippen molar-refractivity contribution in [1.29, 1.82) is 0 Å². The number of fused-ring (bicyclic) bond motifs is 1. The van der Waals surface area contributed by atoms with Gasteiger partial charge in [0.15, 0.2) is 0 Å². The van der Waals surface area contributed by atoms with Gasteiger partial charge in [-0.2, -0.15) is 0 Å². The number of hydrogen-bond donors (Lipinski definition) is 2. The molecular formula is C18H22N2O2. The van der Waals surface area contributed by atoms with Crippen molar-refractivity contribution >= 4 is 16.8 Å². The van der Waals surface area contributed by atoms with Gasteiger partial charge in [0, 0.05) is 26.2 Å². The second-order valence-corrected chi connectivity index (χ2v) is 5.98. The Morgan fingerprint density at radius 2 is 2.05 bits per heavy atom. The quantitative estimate of drug-likeness (QED) is 0.915. The van der Waals surface area contributed by atoms with Gasteiger partial charge in [-0.25, -0.2) is 4.79 Å². The highest BCUT2D eigenvalue weighted by Crippen LogP contribution is 2.17. The molecule has 1 aliphatic heterocycles. The van der Waals surface area contributed by atoms with E-state index < -0.39 is 0 Å². The minimum absolute atomic E-state index is 0.0358. The third-order valence-electron chi connectivity index (χ3n) is 4.32. The number of carbonyl (C=O) groups is 1. The summed E-state index contributed by atoms with van der Waals surface area (Å²) in [6.07, 6.45) is 1.97. The fourth-order valence-corrected chi connectivity index (χ4v) is 3.04. The van der Waals surface area contributed by atoms with Gasteiger partial charge in [-0.15, -0.1) is 0 Å². The Morgan fingerprint density at radius 1 is 1.23 bits per heavy atom. The summed E-state index contributed by atoms with van der Waals surface area (Å²) in [6.45, 7) is 2.12. The molecular weight excluding hydrogens is 276 g/mol. The predicted octanol–water partition coefficient (Wildman–Crippen LogP) is 2.75. The molecule has 2 aromatic carbocycles. The molecule has 2 amide bonds. The number of nitrogens with zero attached hydrogens (tertiary/aromatic N) is 1. The number of urea groups is 1. The molecule has 0 spiro atoms. The van der Waals surface area contributed by atoms with Gasteiger partial charge in [-0.1, -0.05) is 36.4 Å². The van der Waals surface area contributed by atoms with E-state index in [0.717, 1.165) is 24.9 Å². The smallest absolute Gasteiger partial charge is 0.317 e. The second kappa shape index (κ2) is 6.79. The molecule has 1 aliphatic rings. The van der Waals surface area contributed by atoms with Crippen molar-refractivity contribution in [2.75, 3.05) is 19.7 Å². The molecule has 22 heavy (non-hydrogen) atoms. The summed E-state index contributed by atoms with van der Waals surface area (Å²) in [4.78, 5) is 14.0. The molecule has 116 valence electrons. The first kappa shape index (κ1) is 14.9. The van der Waals surface area contributed by atoms with E-state index in [0.29, 0.717) is 13.1 Å². The summed E-state index contributed by atoms with van der Waals surface area (Å²) in [6, 6.07) is 14.4. The number of rotatable bonds is 3. The molecule has 0 aromatic heterocycles. The van der Waals surface area contributed by atoms with Crippen molar-refractivity contribution in [3.05, 3.63) is 48.0 Å². The van der Waals surface area contributed by atoms with E-state index in [2.05, 4.69) is 35.6 Å². The van der Waals surface area contributed by atoms with E-state index in [1.54, 1.807) is 0 Å². The lowest BCUT2D eigenvalue weighted by Crippen LogP contribution is -2.45. The summed E-state index contributed by atoms with van der Waals surface area (Å²) < 4.78 is 0. The summed E-state index contributed by atoms with van der Waals surface area (Å²) in [7, 11) is 0. The average Bonchev–Trinajstić information content (AvgIpc) is 2.59. The molecule has 0 aliphatic carbocycles. The van der Waals surface area contributed by atoms with E-state index in [9.17, 15) is 9.90 Å². The molecule has 0 bridgehead atoms. The minimum atomic E-state index is -0.0358. The number of hydrogen-bond acceptors (Lipinski definition) is 2. The highest BCUT2D eigenvalue weighted by molar-refractivity contribution is 5.83. The van der Waals surface area contributed by atoms with Gasteiger partial charge in [0.1, 0.15) is 0 Å². The summed E-state index contributed by atoms with van der Waals surface area (Å²) in [5.41, 5.74) is 1.10. The van der Waals surface area contributed by atoms with Crippen LogP contribution in [-0.2, 0) is 6.54 Å².